The number of nitrogens with one attached hydrogen (secondary N) is 1. The van der Waals surface area contributed by atoms with E-state index in [-0.39, 0.29) is 16.4 Å². The minimum absolute atomic E-state index is 0.0450. The molecule has 0 fully saturated rings. The fourth-order valence-corrected chi connectivity index (χ4v) is 6.33. The summed E-state index contributed by atoms with van der Waals surface area (Å²) in [6, 6.07) is 25.5. The Morgan fingerprint density at radius 2 is 1.19 bits per heavy atom. The van der Waals surface area contributed by atoms with Gasteiger partial charge in [-0.2, -0.15) is 0 Å². The molecule has 0 atom stereocenters. The van der Waals surface area contributed by atoms with Gasteiger partial charge in [0.15, 0.2) is 0 Å². The lowest BCUT2D eigenvalue weighted by Gasteiger charge is -2.20. The first-order chi connectivity index (χ1) is 15.2. The molecule has 8 heteroatoms. The molecule has 4 rings (SSSR count). The summed E-state index contributed by atoms with van der Waals surface area (Å²) in [6.45, 7) is 3.79. The lowest BCUT2D eigenvalue weighted by Crippen LogP contribution is -2.26. The second-order valence-corrected chi connectivity index (χ2v) is 11.0. The van der Waals surface area contributed by atoms with Crippen LogP contribution in [0.2, 0.25) is 0 Å². The Bertz CT molecular complexity index is 1350. The van der Waals surface area contributed by atoms with Crippen LogP contribution >= 0.6 is 7.75 Å². The van der Waals surface area contributed by atoms with Crippen molar-refractivity contribution < 1.29 is 22.0 Å². The van der Waals surface area contributed by atoms with E-state index in [1.165, 1.54) is 12.1 Å². The Morgan fingerprint density at radius 3 is 1.72 bits per heavy atom. The van der Waals surface area contributed by atoms with Crippen molar-refractivity contribution in [2.24, 2.45) is 0 Å². The largest absolute Gasteiger partial charge is 0.526 e. The highest BCUT2D eigenvalue weighted by atomic mass is 32.2. The van der Waals surface area contributed by atoms with Crippen molar-refractivity contribution in [3.8, 4) is 11.5 Å². The summed E-state index contributed by atoms with van der Waals surface area (Å²) in [5, 5.41) is 1.63. The third-order valence-corrected chi connectivity index (χ3v) is 8.39. The molecule has 1 N–H and O–H groups in total. The fraction of sp³-hybridized carbons (Fsp3) is 0.0833. The maximum absolute atomic E-state index is 13.6. The van der Waals surface area contributed by atoms with Crippen LogP contribution in [0.4, 0.5) is 0 Å². The molecule has 0 bridgehead atoms. The molecule has 0 aromatic heterocycles. The third-order valence-electron chi connectivity index (χ3n) is 4.76. The molecule has 6 nitrogen and oxygen atoms in total. The summed E-state index contributed by atoms with van der Waals surface area (Å²) in [4.78, 5) is -0.0450. The van der Waals surface area contributed by atoms with Gasteiger partial charge in [-0.25, -0.2) is 13.0 Å². The van der Waals surface area contributed by atoms with Crippen LogP contribution in [0.5, 0.6) is 11.5 Å². The van der Waals surface area contributed by atoms with Gasteiger partial charge in [0.1, 0.15) is 11.5 Å². The number of hydrogen-bond donors (Lipinski definition) is 1. The smallest absolute Gasteiger partial charge is 0.404 e. The lowest BCUT2D eigenvalue weighted by molar-refractivity contribution is 0.381. The maximum atomic E-state index is 13.6. The minimum Gasteiger partial charge on any atom is -0.404 e. The number of benzene rings is 4. The van der Waals surface area contributed by atoms with E-state index in [9.17, 15) is 13.0 Å². The van der Waals surface area contributed by atoms with E-state index >= 15 is 0 Å². The molecular weight excluding hydrogens is 445 g/mol. The van der Waals surface area contributed by atoms with Gasteiger partial charge in [0.2, 0.25) is 0 Å². The Kier molecular flexibility index (Phi) is 6.07. The van der Waals surface area contributed by atoms with Crippen molar-refractivity contribution in [2.75, 3.05) is 0 Å². The van der Waals surface area contributed by atoms with Gasteiger partial charge in [0, 0.05) is 0 Å². The number of hydrogen-bond acceptors (Lipinski definition) is 5. The van der Waals surface area contributed by atoms with Crippen LogP contribution in [0.25, 0.3) is 10.8 Å². The van der Waals surface area contributed by atoms with E-state index in [4.69, 9.17) is 9.05 Å². The average Bonchev–Trinajstić information content (AvgIpc) is 2.76. The molecule has 164 valence electrons. The van der Waals surface area contributed by atoms with Crippen molar-refractivity contribution >= 4 is 28.5 Å². The number of fused-ring (bicyclic) bond motifs is 1. The topological polar surface area (TPSA) is 81.7 Å². The van der Waals surface area contributed by atoms with Gasteiger partial charge in [-0.3, -0.25) is 0 Å². The predicted octanol–water partition coefficient (Wildman–Crippen LogP) is 6.00. The van der Waals surface area contributed by atoms with Gasteiger partial charge in [0.25, 0.3) is 10.0 Å². The molecule has 0 saturated heterocycles. The Labute approximate surface area is 187 Å². The summed E-state index contributed by atoms with van der Waals surface area (Å²) in [5.41, 5.74) is 1.95. The highest BCUT2D eigenvalue weighted by Gasteiger charge is 2.35. The van der Waals surface area contributed by atoms with Crippen LogP contribution in [0, 0.1) is 13.8 Å². The van der Waals surface area contributed by atoms with Gasteiger partial charge < -0.3 is 9.05 Å². The van der Waals surface area contributed by atoms with Crippen molar-refractivity contribution in [1.82, 2.24) is 4.49 Å². The summed E-state index contributed by atoms with van der Waals surface area (Å²) in [6.07, 6.45) is 0. The molecule has 4 aromatic rings. The van der Waals surface area contributed by atoms with Gasteiger partial charge in [0.05, 0.1) is 4.90 Å². The minimum atomic E-state index is -4.38. The second-order valence-electron chi connectivity index (χ2n) is 7.41. The quantitative estimate of drug-likeness (QED) is 0.337. The first-order valence-corrected chi connectivity index (χ1v) is 12.9. The lowest BCUT2D eigenvalue weighted by atomic mass is 10.1. The van der Waals surface area contributed by atoms with E-state index in [1.807, 2.05) is 32.0 Å². The zero-order valence-corrected chi connectivity index (χ0v) is 19.3. The molecule has 0 aliphatic heterocycles. The Morgan fingerprint density at radius 1 is 0.688 bits per heavy atom. The molecule has 0 saturated carbocycles. The zero-order valence-electron chi connectivity index (χ0n) is 17.6. The first-order valence-electron chi connectivity index (χ1n) is 9.88. The fourth-order valence-electron chi connectivity index (χ4n) is 3.07. The van der Waals surface area contributed by atoms with Crippen molar-refractivity contribution in [3.63, 3.8) is 0 Å². The number of sulfonamides is 1. The summed E-state index contributed by atoms with van der Waals surface area (Å²) < 4.78 is 53.2. The van der Waals surface area contributed by atoms with E-state index < -0.39 is 17.8 Å². The molecule has 0 radical (unpaired) electrons. The highest BCUT2D eigenvalue weighted by molar-refractivity contribution is 7.94. The Hall–Kier alpha value is -3.12. The van der Waals surface area contributed by atoms with E-state index in [0.29, 0.717) is 0 Å². The van der Waals surface area contributed by atoms with Gasteiger partial charge in [-0.1, -0.05) is 70.2 Å². The highest BCUT2D eigenvalue weighted by Crippen LogP contribution is 2.46. The van der Waals surface area contributed by atoms with E-state index in [1.54, 1.807) is 60.7 Å². The molecule has 0 spiro atoms. The zero-order chi connectivity index (χ0) is 22.8. The summed E-state index contributed by atoms with van der Waals surface area (Å²) in [7, 11) is -8.61. The predicted molar refractivity (Wildman–Crippen MR) is 125 cm³/mol. The normalized spacial score (nSPS) is 11.9. The van der Waals surface area contributed by atoms with Crippen molar-refractivity contribution in [1.29, 1.82) is 0 Å². The third kappa shape index (κ3) is 5.19. The number of aryl methyl sites for hydroxylation is 2. The number of rotatable bonds is 7. The van der Waals surface area contributed by atoms with Crippen LogP contribution in [-0.2, 0) is 14.6 Å². The first kappa shape index (κ1) is 22.1. The standard InChI is InChI=1S/C24H22NO5PS/c1-18-7-12-22(13-8-18)29-31(26,30-23-14-9-19(2)10-15-23)25-32(27,28)24-16-11-20-5-3-4-6-21(20)17-24/h3-17H,1-2H3,(H,25,26). The molecule has 4 aromatic carbocycles. The second kappa shape index (κ2) is 8.79. The molecule has 0 unspecified atom stereocenters. The molecule has 0 amide bonds. The van der Waals surface area contributed by atoms with Gasteiger partial charge in [-0.05, 0) is 61.0 Å². The van der Waals surface area contributed by atoms with Crippen molar-refractivity contribution in [3.05, 3.63) is 102 Å². The Balaban J connectivity index is 1.69. The van der Waals surface area contributed by atoms with Crippen LogP contribution in [0.15, 0.2) is 95.9 Å². The van der Waals surface area contributed by atoms with Crippen LogP contribution in [-0.4, -0.2) is 8.42 Å². The summed E-state index contributed by atoms with van der Waals surface area (Å²) >= 11 is 0. The van der Waals surface area contributed by atoms with Crippen LogP contribution < -0.4 is 13.5 Å². The van der Waals surface area contributed by atoms with Gasteiger partial charge in [-0.15, -0.1) is 0 Å². The molecule has 0 aliphatic carbocycles. The summed E-state index contributed by atoms with van der Waals surface area (Å²) in [5.74, 6) is 0.430. The van der Waals surface area contributed by atoms with Crippen LogP contribution in [0.3, 0.4) is 0 Å². The van der Waals surface area contributed by atoms with E-state index in [2.05, 4.69) is 4.49 Å². The molecule has 32 heavy (non-hydrogen) atoms. The van der Waals surface area contributed by atoms with Crippen molar-refractivity contribution in [2.45, 2.75) is 18.7 Å². The molecular formula is C24H22NO5PS. The molecule has 0 aliphatic rings. The van der Waals surface area contributed by atoms with E-state index in [0.717, 1.165) is 21.9 Å². The van der Waals surface area contributed by atoms with Crippen LogP contribution in [0.1, 0.15) is 11.1 Å². The SMILES string of the molecule is Cc1ccc(OP(=O)(NS(=O)(=O)c2ccc3ccccc3c2)Oc2ccc(C)cc2)cc1. The monoisotopic (exact) mass is 467 g/mol. The molecule has 0 heterocycles. The average molecular weight is 467 g/mol. The van der Waals surface area contributed by atoms with Gasteiger partial charge >= 0.3 is 7.75 Å². The maximum Gasteiger partial charge on any atom is 0.526 e.